The summed E-state index contributed by atoms with van der Waals surface area (Å²) in [6, 6.07) is 9.84. The number of hydrogen-bond donors (Lipinski definition) is 0. The predicted molar refractivity (Wildman–Crippen MR) is 97.2 cm³/mol. The molecule has 1 fully saturated rings. The standard InChI is InChI=1S/C21H35N/c1-7-16(4)19-9-8-10-20(13-19)18(6)22-12-11-21(15(2)3)17(5)14-22/h8-10,13,15-18,21H,7,11-12,14H2,1-6H3. The first kappa shape index (κ1) is 17.5. The molecule has 0 aliphatic carbocycles. The van der Waals surface area contributed by atoms with E-state index in [9.17, 15) is 0 Å². The Morgan fingerprint density at radius 1 is 1.14 bits per heavy atom. The SMILES string of the molecule is CCC(C)c1cccc(C(C)N2CCC(C(C)C)C(C)C2)c1. The van der Waals surface area contributed by atoms with Crippen molar-refractivity contribution < 1.29 is 0 Å². The van der Waals surface area contributed by atoms with Gasteiger partial charge in [0.1, 0.15) is 0 Å². The number of rotatable bonds is 5. The van der Waals surface area contributed by atoms with Crippen LogP contribution in [0.2, 0.25) is 0 Å². The summed E-state index contributed by atoms with van der Waals surface area (Å²) in [5, 5.41) is 0. The molecule has 1 heterocycles. The largest absolute Gasteiger partial charge is 0.296 e. The second-order valence-corrected chi connectivity index (χ2v) is 7.82. The Kier molecular flexibility index (Phi) is 6.09. The zero-order chi connectivity index (χ0) is 16.3. The van der Waals surface area contributed by atoms with Gasteiger partial charge >= 0.3 is 0 Å². The number of piperidine rings is 1. The van der Waals surface area contributed by atoms with Crippen LogP contribution in [0.25, 0.3) is 0 Å². The minimum atomic E-state index is 0.541. The molecule has 4 atom stereocenters. The van der Waals surface area contributed by atoms with Crippen LogP contribution in [0.15, 0.2) is 24.3 Å². The van der Waals surface area contributed by atoms with Crippen LogP contribution in [-0.4, -0.2) is 18.0 Å². The van der Waals surface area contributed by atoms with Crippen molar-refractivity contribution in [1.29, 1.82) is 0 Å². The molecule has 0 bridgehead atoms. The van der Waals surface area contributed by atoms with Gasteiger partial charge in [-0.15, -0.1) is 0 Å². The molecule has 1 aliphatic heterocycles. The molecule has 0 radical (unpaired) electrons. The number of nitrogens with zero attached hydrogens (tertiary/aromatic N) is 1. The normalized spacial score (nSPS) is 26.1. The van der Waals surface area contributed by atoms with Crippen molar-refractivity contribution >= 4 is 0 Å². The molecule has 4 unspecified atom stereocenters. The van der Waals surface area contributed by atoms with Gasteiger partial charge in [-0.2, -0.15) is 0 Å². The van der Waals surface area contributed by atoms with Gasteiger partial charge in [-0.05, 0) is 61.1 Å². The first-order valence-electron chi connectivity index (χ1n) is 9.27. The fraction of sp³-hybridized carbons (Fsp3) is 0.714. The van der Waals surface area contributed by atoms with Gasteiger partial charge in [0.15, 0.2) is 0 Å². The smallest absolute Gasteiger partial charge is 0.0320 e. The summed E-state index contributed by atoms with van der Waals surface area (Å²) in [7, 11) is 0. The summed E-state index contributed by atoms with van der Waals surface area (Å²) in [4.78, 5) is 2.69. The average molecular weight is 302 g/mol. The van der Waals surface area contributed by atoms with Gasteiger partial charge in [-0.3, -0.25) is 4.90 Å². The van der Waals surface area contributed by atoms with Gasteiger partial charge < -0.3 is 0 Å². The van der Waals surface area contributed by atoms with Crippen molar-refractivity contribution in [1.82, 2.24) is 4.90 Å². The molecule has 1 nitrogen and oxygen atoms in total. The summed E-state index contributed by atoms with van der Waals surface area (Å²) < 4.78 is 0. The summed E-state index contributed by atoms with van der Waals surface area (Å²) >= 11 is 0. The second kappa shape index (κ2) is 7.64. The molecule has 1 aliphatic rings. The maximum absolute atomic E-state index is 2.69. The highest BCUT2D eigenvalue weighted by atomic mass is 15.2. The van der Waals surface area contributed by atoms with Crippen LogP contribution >= 0.6 is 0 Å². The van der Waals surface area contributed by atoms with Gasteiger partial charge in [0.25, 0.3) is 0 Å². The van der Waals surface area contributed by atoms with Crippen molar-refractivity contribution in [2.75, 3.05) is 13.1 Å². The second-order valence-electron chi connectivity index (χ2n) is 7.82. The third kappa shape index (κ3) is 3.93. The predicted octanol–water partition coefficient (Wildman–Crippen LogP) is 5.88. The van der Waals surface area contributed by atoms with E-state index >= 15 is 0 Å². The van der Waals surface area contributed by atoms with Gasteiger partial charge in [-0.1, -0.05) is 58.9 Å². The average Bonchev–Trinajstić information content (AvgIpc) is 2.53. The van der Waals surface area contributed by atoms with Crippen LogP contribution in [0.5, 0.6) is 0 Å². The quantitative estimate of drug-likeness (QED) is 0.657. The van der Waals surface area contributed by atoms with Gasteiger partial charge in [-0.25, -0.2) is 0 Å². The summed E-state index contributed by atoms with van der Waals surface area (Å²) in [6.07, 6.45) is 2.57. The van der Waals surface area contributed by atoms with E-state index in [1.165, 1.54) is 37.1 Å². The van der Waals surface area contributed by atoms with Gasteiger partial charge in [0, 0.05) is 12.6 Å². The van der Waals surface area contributed by atoms with Crippen molar-refractivity contribution in [3.05, 3.63) is 35.4 Å². The zero-order valence-electron chi connectivity index (χ0n) is 15.5. The molecule has 1 aromatic rings. The molecule has 124 valence electrons. The minimum Gasteiger partial charge on any atom is -0.296 e. The fourth-order valence-corrected chi connectivity index (χ4v) is 4.11. The highest BCUT2D eigenvalue weighted by Gasteiger charge is 2.30. The minimum absolute atomic E-state index is 0.541. The van der Waals surface area contributed by atoms with Crippen LogP contribution in [-0.2, 0) is 0 Å². The summed E-state index contributed by atoms with van der Waals surface area (Å²) in [5.41, 5.74) is 2.99. The molecule has 0 aromatic heterocycles. The highest BCUT2D eigenvalue weighted by molar-refractivity contribution is 5.28. The molecular weight excluding hydrogens is 266 g/mol. The molecule has 0 N–H and O–H groups in total. The zero-order valence-corrected chi connectivity index (χ0v) is 15.5. The van der Waals surface area contributed by atoms with E-state index in [-0.39, 0.29) is 0 Å². The van der Waals surface area contributed by atoms with Gasteiger partial charge in [0.05, 0.1) is 0 Å². The Morgan fingerprint density at radius 2 is 1.82 bits per heavy atom. The molecule has 0 spiro atoms. The maximum Gasteiger partial charge on any atom is 0.0320 e. The third-order valence-corrected chi connectivity index (χ3v) is 5.98. The van der Waals surface area contributed by atoms with Crippen LogP contribution in [0.1, 0.15) is 77.5 Å². The van der Waals surface area contributed by atoms with E-state index < -0.39 is 0 Å². The van der Waals surface area contributed by atoms with Crippen molar-refractivity contribution in [2.24, 2.45) is 17.8 Å². The molecule has 0 saturated carbocycles. The Hall–Kier alpha value is -0.820. The maximum atomic E-state index is 2.69. The first-order valence-corrected chi connectivity index (χ1v) is 9.27. The lowest BCUT2D eigenvalue weighted by Crippen LogP contribution is -2.42. The molecule has 1 heteroatoms. The Bertz CT molecular complexity index is 465. The molecule has 2 rings (SSSR count). The van der Waals surface area contributed by atoms with E-state index in [1.807, 2.05) is 0 Å². The molecule has 0 amide bonds. The monoisotopic (exact) mass is 301 g/mol. The van der Waals surface area contributed by atoms with Crippen LogP contribution < -0.4 is 0 Å². The molecule has 1 aromatic carbocycles. The van der Waals surface area contributed by atoms with Crippen molar-refractivity contribution in [3.8, 4) is 0 Å². The van der Waals surface area contributed by atoms with E-state index in [1.54, 1.807) is 0 Å². The Balaban J connectivity index is 2.07. The van der Waals surface area contributed by atoms with Crippen LogP contribution in [0.3, 0.4) is 0 Å². The van der Waals surface area contributed by atoms with E-state index in [0.29, 0.717) is 12.0 Å². The van der Waals surface area contributed by atoms with Gasteiger partial charge in [0.2, 0.25) is 0 Å². The van der Waals surface area contributed by atoms with E-state index in [2.05, 4.69) is 70.7 Å². The topological polar surface area (TPSA) is 3.24 Å². The molecule has 22 heavy (non-hydrogen) atoms. The van der Waals surface area contributed by atoms with E-state index in [0.717, 1.165) is 17.8 Å². The Labute approximate surface area is 138 Å². The highest BCUT2D eigenvalue weighted by Crippen LogP contribution is 2.34. The lowest BCUT2D eigenvalue weighted by Gasteiger charge is -2.42. The number of benzene rings is 1. The lowest BCUT2D eigenvalue weighted by atomic mass is 9.78. The lowest BCUT2D eigenvalue weighted by molar-refractivity contribution is 0.0741. The summed E-state index contributed by atoms with van der Waals surface area (Å²) in [5.74, 6) is 3.20. The fourth-order valence-electron chi connectivity index (χ4n) is 4.11. The summed E-state index contributed by atoms with van der Waals surface area (Å²) in [6.45, 7) is 16.7. The number of likely N-dealkylation sites (tertiary alicyclic amines) is 1. The van der Waals surface area contributed by atoms with Crippen LogP contribution in [0, 0.1) is 17.8 Å². The van der Waals surface area contributed by atoms with Crippen molar-refractivity contribution in [3.63, 3.8) is 0 Å². The molecule has 1 saturated heterocycles. The first-order chi connectivity index (χ1) is 10.4. The number of hydrogen-bond acceptors (Lipinski definition) is 1. The van der Waals surface area contributed by atoms with E-state index in [4.69, 9.17) is 0 Å². The Morgan fingerprint density at radius 3 is 2.41 bits per heavy atom. The third-order valence-electron chi connectivity index (χ3n) is 5.98. The van der Waals surface area contributed by atoms with Crippen LogP contribution in [0.4, 0.5) is 0 Å². The van der Waals surface area contributed by atoms with Crippen molar-refractivity contribution in [2.45, 2.75) is 66.3 Å². The molecular formula is C21H35N.